The van der Waals surface area contributed by atoms with Crippen molar-refractivity contribution in [2.24, 2.45) is 5.73 Å². The molecule has 1 fully saturated rings. The average molecular weight is 414 g/mol. The highest BCUT2D eigenvalue weighted by Gasteiger charge is 2.37. The number of nitrogens with one attached hydrogen (secondary N) is 1. The van der Waals surface area contributed by atoms with E-state index in [0.717, 1.165) is 10.5 Å². The van der Waals surface area contributed by atoms with Crippen molar-refractivity contribution in [3.8, 4) is 5.75 Å². The molecule has 0 unspecified atom stereocenters. The predicted molar refractivity (Wildman–Crippen MR) is 106 cm³/mol. The van der Waals surface area contributed by atoms with Crippen LogP contribution in [0.2, 0.25) is 5.02 Å². The molecule has 2 aromatic rings. The van der Waals surface area contributed by atoms with Crippen LogP contribution in [-0.2, 0) is 14.4 Å². The Bertz CT molecular complexity index is 1060. The molecular weight excluding hydrogens is 398 g/mol. The smallest absolute Gasteiger partial charge is 0.335 e. The van der Waals surface area contributed by atoms with Crippen LogP contribution in [-0.4, -0.2) is 30.4 Å². The van der Waals surface area contributed by atoms with E-state index in [1.165, 1.54) is 12.1 Å². The van der Waals surface area contributed by atoms with Crippen molar-refractivity contribution in [1.82, 2.24) is 5.32 Å². The van der Waals surface area contributed by atoms with Gasteiger partial charge in [0.25, 0.3) is 17.7 Å². The summed E-state index contributed by atoms with van der Waals surface area (Å²) in [6, 6.07) is 10.3. The summed E-state index contributed by atoms with van der Waals surface area (Å²) in [7, 11) is 0. The summed E-state index contributed by atoms with van der Waals surface area (Å²) in [6.07, 6.45) is 1.28. The molecule has 0 bridgehead atoms. The van der Waals surface area contributed by atoms with Gasteiger partial charge in [-0.05, 0) is 36.8 Å². The first kappa shape index (κ1) is 20.1. The maximum Gasteiger partial charge on any atom is 0.335 e. The number of anilines is 1. The summed E-state index contributed by atoms with van der Waals surface area (Å²) >= 11 is 6.10. The second kappa shape index (κ2) is 8.15. The fourth-order valence-electron chi connectivity index (χ4n) is 2.65. The van der Waals surface area contributed by atoms with E-state index in [2.05, 4.69) is 5.32 Å². The lowest BCUT2D eigenvalue weighted by atomic mass is 10.1. The second-order valence-corrected chi connectivity index (χ2v) is 6.59. The maximum absolute atomic E-state index is 12.9. The molecule has 8 nitrogen and oxygen atoms in total. The molecule has 0 saturated carbocycles. The number of aryl methyl sites for hydroxylation is 1. The van der Waals surface area contributed by atoms with Gasteiger partial charge in [-0.25, -0.2) is 9.69 Å². The molecule has 1 aliphatic heterocycles. The van der Waals surface area contributed by atoms with Gasteiger partial charge in [0.15, 0.2) is 6.61 Å². The molecule has 148 valence electrons. The van der Waals surface area contributed by atoms with E-state index in [-0.39, 0.29) is 23.6 Å². The van der Waals surface area contributed by atoms with E-state index in [4.69, 9.17) is 22.1 Å². The number of nitrogens with two attached hydrogens (primary N) is 1. The van der Waals surface area contributed by atoms with Crippen molar-refractivity contribution in [2.75, 3.05) is 11.5 Å². The number of hydrogen-bond donors (Lipinski definition) is 2. The van der Waals surface area contributed by atoms with Crippen LogP contribution in [0.25, 0.3) is 6.08 Å². The molecule has 1 aliphatic rings. The normalized spacial score (nSPS) is 15.4. The number of amides is 5. The fraction of sp³-hybridized carbons (Fsp3) is 0.100. The molecule has 1 heterocycles. The van der Waals surface area contributed by atoms with Gasteiger partial charge in [-0.3, -0.25) is 19.7 Å². The summed E-state index contributed by atoms with van der Waals surface area (Å²) < 4.78 is 5.31. The van der Waals surface area contributed by atoms with Gasteiger partial charge in [0.2, 0.25) is 0 Å². The highest BCUT2D eigenvalue weighted by molar-refractivity contribution is 6.39. The zero-order valence-electron chi connectivity index (χ0n) is 15.3. The first-order valence-corrected chi connectivity index (χ1v) is 8.83. The van der Waals surface area contributed by atoms with Gasteiger partial charge >= 0.3 is 6.03 Å². The molecule has 5 amide bonds. The molecule has 29 heavy (non-hydrogen) atoms. The third-order valence-corrected chi connectivity index (χ3v) is 4.51. The lowest BCUT2D eigenvalue weighted by Gasteiger charge is -2.26. The van der Waals surface area contributed by atoms with E-state index in [1.807, 2.05) is 0 Å². The largest absolute Gasteiger partial charge is 0.483 e. The van der Waals surface area contributed by atoms with Crippen LogP contribution in [0.3, 0.4) is 0 Å². The Balaban J connectivity index is 2.00. The number of hydrogen-bond acceptors (Lipinski definition) is 5. The average Bonchev–Trinajstić information content (AvgIpc) is 2.66. The Morgan fingerprint density at radius 1 is 1.21 bits per heavy atom. The maximum atomic E-state index is 12.9. The lowest BCUT2D eigenvalue weighted by molar-refractivity contribution is -0.123. The Morgan fingerprint density at radius 3 is 2.62 bits per heavy atom. The fourth-order valence-corrected chi connectivity index (χ4v) is 2.82. The Labute approximate surface area is 170 Å². The predicted octanol–water partition coefficient (Wildman–Crippen LogP) is 2.18. The minimum absolute atomic E-state index is 0.222. The van der Waals surface area contributed by atoms with Crippen LogP contribution in [0.4, 0.5) is 10.5 Å². The van der Waals surface area contributed by atoms with E-state index in [9.17, 15) is 19.2 Å². The summed E-state index contributed by atoms with van der Waals surface area (Å²) in [6.45, 7) is 1.41. The molecule has 0 aromatic heterocycles. The van der Waals surface area contributed by atoms with Gasteiger partial charge in [-0.1, -0.05) is 35.9 Å². The second-order valence-electron chi connectivity index (χ2n) is 6.18. The van der Waals surface area contributed by atoms with E-state index >= 15 is 0 Å². The van der Waals surface area contributed by atoms with Crippen LogP contribution in [0.5, 0.6) is 5.75 Å². The van der Waals surface area contributed by atoms with Crippen LogP contribution in [0.15, 0.2) is 48.0 Å². The number of para-hydroxylation sites is 1. The minimum Gasteiger partial charge on any atom is -0.483 e. The number of ether oxygens (including phenoxy) is 1. The lowest BCUT2D eigenvalue weighted by Crippen LogP contribution is -2.54. The standard InChI is InChI=1S/C20H16ClN3O5/c1-11-6-7-13(9-15(11)21)24-19(27)14(18(26)23-20(24)28)8-12-4-2-3-5-16(12)29-10-17(22)25/h2-9H,10H2,1H3,(H2,22,25)(H,23,26,28)/b14-8+. The van der Waals surface area contributed by atoms with Gasteiger partial charge in [0.05, 0.1) is 5.69 Å². The van der Waals surface area contributed by atoms with Gasteiger partial charge in [0, 0.05) is 10.6 Å². The number of barbiturate groups is 1. The summed E-state index contributed by atoms with van der Waals surface area (Å²) in [5.74, 6) is -2.09. The summed E-state index contributed by atoms with van der Waals surface area (Å²) in [5.41, 5.74) is 6.16. The molecule has 0 spiro atoms. The van der Waals surface area contributed by atoms with Gasteiger partial charge in [0.1, 0.15) is 11.3 Å². The van der Waals surface area contributed by atoms with Crippen LogP contribution < -0.4 is 20.7 Å². The first-order chi connectivity index (χ1) is 13.8. The first-order valence-electron chi connectivity index (χ1n) is 8.45. The molecule has 0 aliphatic carbocycles. The quantitative estimate of drug-likeness (QED) is 0.575. The van der Waals surface area contributed by atoms with E-state index in [1.54, 1.807) is 43.3 Å². The molecule has 2 aromatic carbocycles. The zero-order chi connectivity index (χ0) is 21.1. The van der Waals surface area contributed by atoms with Gasteiger partial charge in [-0.15, -0.1) is 0 Å². The number of carbonyl (C=O) groups excluding carboxylic acids is 4. The van der Waals surface area contributed by atoms with E-state index in [0.29, 0.717) is 10.6 Å². The highest BCUT2D eigenvalue weighted by Crippen LogP contribution is 2.28. The number of halogens is 1. The SMILES string of the molecule is Cc1ccc(N2C(=O)NC(=O)/C(=C\c3ccccc3OCC(N)=O)C2=O)cc1Cl. The van der Waals surface area contributed by atoms with Crippen molar-refractivity contribution in [3.63, 3.8) is 0 Å². The topological polar surface area (TPSA) is 119 Å². The Kier molecular flexibility index (Phi) is 5.65. The number of carbonyl (C=O) groups is 4. The van der Waals surface area contributed by atoms with Crippen molar-refractivity contribution < 1.29 is 23.9 Å². The molecular formula is C20H16ClN3O5. The van der Waals surface area contributed by atoms with Crippen molar-refractivity contribution >= 4 is 47.1 Å². The minimum atomic E-state index is -0.879. The number of nitrogens with zero attached hydrogens (tertiary/aromatic N) is 1. The third-order valence-electron chi connectivity index (χ3n) is 4.10. The number of urea groups is 1. The monoisotopic (exact) mass is 413 g/mol. The van der Waals surface area contributed by atoms with Gasteiger partial charge in [-0.2, -0.15) is 0 Å². The van der Waals surface area contributed by atoms with Crippen molar-refractivity contribution in [2.45, 2.75) is 6.92 Å². The molecule has 0 radical (unpaired) electrons. The number of imide groups is 2. The van der Waals surface area contributed by atoms with Crippen molar-refractivity contribution in [3.05, 3.63) is 64.2 Å². The summed E-state index contributed by atoms with van der Waals surface area (Å²) in [5, 5.41) is 2.50. The third kappa shape index (κ3) is 4.27. The van der Waals surface area contributed by atoms with Crippen molar-refractivity contribution in [1.29, 1.82) is 0 Å². The number of primary amides is 1. The molecule has 3 N–H and O–H groups in total. The number of benzene rings is 2. The van der Waals surface area contributed by atoms with Crippen LogP contribution >= 0.6 is 11.6 Å². The Hall–Kier alpha value is -3.65. The molecule has 1 saturated heterocycles. The number of rotatable bonds is 5. The van der Waals surface area contributed by atoms with Crippen LogP contribution in [0, 0.1) is 6.92 Å². The highest BCUT2D eigenvalue weighted by atomic mass is 35.5. The Morgan fingerprint density at radius 2 is 1.93 bits per heavy atom. The van der Waals surface area contributed by atoms with E-state index < -0.39 is 23.8 Å². The van der Waals surface area contributed by atoms with Crippen LogP contribution in [0.1, 0.15) is 11.1 Å². The van der Waals surface area contributed by atoms with Gasteiger partial charge < -0.3 is 10.5 Å². The molecule has 9 heteroatoms. The zero-order valence-corrected chi connectivity index (χ0v) is 16.0. The molecule has 0 atom stereocenters. The summed E-state index contributed by atoms with van der Waals surface area (Å²) in [4.78, 5) is 49.3. The molecule has 3 rings (SSSR count).